The van der Waals surface area contributed by atoms with Crippen LogP contribution in [0.15, 0.2) is 24.3 Å². The van der Waals surface area contributed by atoms with Crippen LogP contribution in [0.25, 0.3) is 0 Å². The van der Waals surface area contributed by atoms with Gasteiger partial charge < -0.3 is 4.90 Å². The maximum absolute atomic E-state index is 13.1. The van der Waals surface area contributed by atoms with Gasteiger partial charge in [0.2, 0.25) is 5.91 Å². The fourth-order valence-electron chi connectivity index (χ4n) is 2.46. The number of rotatable bonds is 3. The third-order valence-electron chi connectivity index (χ3n) is 3.70. The molecule has 1 saturated carbocycles. The van der Waals surface area contributed by atoms with Gasteiger partial charge in [0.05, 0.1) is 6.42 Å². The molecule has 0 bridgehead atoms. The molecule has 2 rings (SSSR count). The van der Waals surface area contributed by atoms with E-state index in [0.29, 0.717) is 18.4 Å². The second kappa shape index (κ2) is 5.95. The van der Waals surface area contributed by atoms with Crippen molar-refractivity contribution in [1.82, 2.24) is 4.90 Å². The van der Waals surface area contributed by atoms with Crippen LogP contribution in [0, 0.1) is 5.82 Å². The number of ketones is 1. The van der Waals surface area contributed by atoms with Crippen LogP contribution in [0.5, 0.6) is 0 Å². The van der Waals surface area contributed by atoms with Gasteiger partial charge in [-0.1, -0.05) is 12.1 Å². The second-order valence-corrected chi connectivity index (χ2v) is 5.08. The van der Waals surface area contributed by atoms with Crippen LogP contribution in [0.4, 0.5) is 4.39 Å². The summed E-state index contributed by atoms with van der Waals surface area (Å²) in [7, 11) is 1.77. The molecule has 0 saturated heterocycles. The lowest BCUT2D eigenvalue weighted by atomic mass is 9.93. The van der Waals surface area contributed by atoms with E-state index in [4.69, 9.17) is 0 Å². The maximum Gasteiger partial charge on any atom is 0.226 e. The van der Waals surface area contributed by atoms with Crippen molar-refractivity contribution in [3.05, 3.63) is 35.6 Å². The Bertz CT molecular complexity index is 477. The number of likely N-dealkylation sites (N-methyl/N-ethyl adjacent to an activating group) is 1. The van der Waals surface area contributed by atoms with Gasteiger partial charge in [0.1, 0.15) is 11.6 Å². The molecule has 0 unspecified atom stereocenters. The summed E-state index contributed by atoms with van der Waals surface area (Å²) in [4.78, 5) is 25.0. The number of benzene rings is 1. The van der Waals surface area contributed by atoms with Gasteiger partial charge in [-0.15, -0.1) is 0 Å². The molecule has 3 nitrogen and oxygen atoms in total. The van der Waals surface area contributed by atoms with Crippen molar-refractivity contribution in [2.24, 2.45) is 0 Å². The van der Waals surface area contributed by atoms with Crippen LogP contribution in [-0.2, 0) is 16.0 Å². The quantitative estimate of drug-likeness (QED) is 0.839. The van der Waals surface area contributed by atoms with E-state index in [1.807, 2.05) is 0 Å². The first kappa shape index (κ1) is 13.7. The fourth-order valence-corrected chi connectivity index (χ4v) is 2.46. The van der Waals surface area contributed by atoms with E-state index in [1.165, 1.54) is 12.1 Å². The standard InChI is InChI=1S/C15H18FNO2/c1-17(13-5-7-14(18)8-6-13)15(19)10-11-3-2-4-12(16)9-11/h2-4,9,13H,5-8,10H2,1H3. The minimum absolute atomic E-state index is 0.0232. The Labute approximate surface area is 112 Å². The predicted octanol–water partition coefficient (Wildman–Crippen LogP) is 2.34. The zero-order valence-corrected chi connectivity index (χ0v) is 11.1. The van der Waals surface area contributed by atoms with Crippen LogP contribution >= 0.6 is 0 Å². The van der Waals surface area contributed by atoms with Crippen molar-refractivity contribution in [1.29, 1.82) is 0 Å². The molecule has 0 radical (unpaired) electrons. The molecular weight excluding hydrogens is 245 g/mol. The topological polar surface area (TPSA) is 37.4 Å². The highest BCUT2D eigenvalue weighted by atomic mass is 19.1. The van der Waals surface area contributed by atoms with Crippen molar-refractivity contribution in [2.45, 2.75) is 38.1 Å². The number of Topliss-reactive ketones (excluding diaryl/α,β-unsaturated/α-hetero) is 1. The van der Waals surface area contributed by atoms with Crippen molar-refractivity contribution >= 4 is 11.7 Å². The van der Waals surface area contributed by atoms with E-state index >= 15 is 0 Å². The lowest BCUT2D eigenvalue weighted by molar-refractivity contribution is -0.133. The summed E-state index contributed by atoms with van der Waals surface area (Å²) in [6, 6.07) is 6.25. The molecule has 102 valence electrons. The van der Waals surface area contributed by atoms with Crippen LogP contribution in [-0.4, -0.2) is 29.7 Å². The Hall–Kier alpha value is -1.71. The average Bonchev–Trinajstić information content (AvgIpc) is 2.39. The number of carbonyl (C=O) groups is 2. The summed E-state index contributed by atoms with van der Waals surface area (Å²) in [5.74, 6) is -0.0663. The number of halogens is 1. The Morgan fingerprint density at radius 2 is 2.05 bits per heavy atom. The third kappa shape index (κ3) is 3.63. The minimum Gasteiger partial charge on any atom is -0.342 e. The van der Waals surface area contributed by atoms with Gasteiger partial charge in [0, 0.05) is 25.9 Å². The molecule has 1 fully saturated rings. The summed E-state index contributed by atoms with van der Waals surface area (Å²) >= 11 is 0. The number of nitrogens with zero attached hydrogens (tertiary/aromatic N) is 1. The Kier molecular flexibility index (Phi) is 4.30. The molecule has 4 heteroatoms. The largest absolute Gasteiger partial charge is 0.342 e. The average molecular weight is 263 g/mol. The highest BCUT2D eigenvalue weighted by Crippen LogP contribution is 2.20. The molecular formula is C15H18FNO2. The molecule has 1 aliphatic carbocycles. The van der Waals surface area contributed by atoms with Crippen LogP contribution in [0.2, 0.25) is 0 Å². The molecule has 19 heavy (non-hydrogen) atoms. The zero-order valence-electron chi connectivity index (χ0n) is 11.1. The van der Waals surface area contributed by atoms with Gasteiger partial charge in [0.15, 0.2) is 0 Å². The molecule has 0 heterocycles. The molecule has 0 atom stereocenters. The molecule has 1 aromatic carbocycles. The normalized spacial score (nSPS) is 16.4. The molecule has 0 N–H and O–H groups in total. The number of hydrogen-bond acceptors (Lipinski definition) is 2. The minimum atomic E-state index is -0.323. The van der Waals surface area contributed by atoms with E-state index in [2.05, 4.69) is 0 Å². The van der Waals surface area contributed by atoms with Gasteiger partial charge in [0.25, 0.3) is 0 Å². The molecule has 0 aliphatic heterocycles. The van der Waals surface area contributed by atoms with Crippen molar-refractivity contribution < 1.29 is 14.0 Å². The van der Waals surface area contributed by atoms with Gasteiger partial charge in [-0.3, -0.25) is 9.59 Å². The third-order valence-corrected chi connectivity index (χ3v) is 3.70. The molecule has 1 amide bonds. The molecule has 0 spiro atoms. The Morgan fingerprint density at radius 1 is 1.37 bits per heavy atom. The Balaban J connectivity index is 1.94. The van der Waals surface area contributed by atoms with E-state index in [9.17, 15) is 14.0 Å². The number of carbonyl (C=O) groups excluding carboxylic acids is 2. The first-order chi connectivity index (χ1) is 9.06. The Morgan fingerprint density at radius 3 is 2.68 bits per heavy atom. The number of hydrogen-bond donors (Lipinski definition) is 0. The fraction of sp³-hybridized carbons (Fsp3) is 0.467. The highest BCUT2D eigenvalue weighted by molar-refractivity contribution is 5.81. The molecule has 0 aromatic heterocycles. The van der Waals surface area contributed by atoms with Gasteiger partial charge in [-0.25, -0.2) is 4.39 Å². The lowest BCUT2D eigenvalue weighted by Gasteiger charge is -2.30. The monoisotopic (exact) mass is 263 g/mol. The summed E-state index contributed by atoms with van der Waals surface area (Å²) in [6.07, 6.45) is 2.80. The zero-order chi connectivity index (χ0) is 13.8. The van der Waals surface area contributed by atoms with E-state index in [-0.39, 0.29) is 30.0 Å². The highest BCUT2D eigenvalue weighted by Gasteiger charge is 2.25. The van der Waals surface area contributed by atoms with Gasteiger partial charge in [-0.05, 0) is 30.5 Å². The van der Waals surface area contributed by atoms with Crippen LogP contribution in [0.3, 0.4) is 0 Å². The van der Waals surface area contributed by atoms with E-state index in [0.717, 1.165) is 12.8 Å². The summed E-state index contributed by atoms with van der Waals surface area (Å²) in [5.41, 5.74) is 0.684. The van der Waals surface area contributed by atoms with E-state index < -0.39 is 0 Å². The van der Waals surface area contributed by atoms with Crippen molar-refractivity contribution in [2.75, 3.05) is 7.05 Å². The second-order valence-electron chi connectivity index (χ2n) is 5.08. The maximum atomic E-state index is 13.1. The smallest absolute Gasteiger partial charge is 0.226 e. The summed E-state index contributed by atoms with van der Waals surface area (Å²) < 4.78 is 13.1. The summed E-state index contributed by atoms with van der Waals surface area (Å²) in [6.45, 7) is 0. The molecule has 1 aromatic rings. The van der Waals surface area contributed by atoms with Crippen LogP contribution < -0.4 is 0 Å². The predicted molar refractivity (Wildman–Crippen MR) is 70.1 cm³/mol. The number of amides is 1. The van der Waals surface area contributed by atoms with Gasteiger partial charge in [-0.2, -0.15) is 0 Å². The van der Waals surface area contributed by atoms with Crippen molar-refractivity contribution in [3.8, 4) is 0 Å². The van der Waals surface area contributed by atoms with Gasteiger partial charge >= 0.3 is 0 Å². The van der Waals surface area contributed by atoms with Crippen LogP contribution in [0.1, 0.15) is 31.2 Å². The first-order valence-electron chi connectivity index (χ1n) is 6.58. The SMILES string of the molecule is CN(C(=O)Cc1cccc(F)c1)C1CCC(=O)CC1. The van der Waals surface area contributed by atoms with E-state index in [1.54, 1.807) is 24.1 Å². The first-order valence-corrected chi connectivity index (χ1v) is 6.58. The summed E-state index contributed by atoms with van der Waals surface area (Å²) in [5, 5.41) is 0. The molecule has 1 aliphatic rings. The lowest BCUT2D eigenvalue weighted by Crippen LogP contribution is -2.40. The van der Waals surface area contributed by atoms with Crippen molar-refractivity contribution in [3.63, 3.8) is 0 Å².